The zero-order chi connectivity index (χ0) is 14.2. The van der Waals surface area contributed by atoms with Crippen LogP contribution in [0.4, 0.5) is 5.13 Å². The number of aromatic nitrogens is 2. The van der Waals surface area contributed by atoms with Gasteiger partial charge in [0.15, 0.2) is 0 Å². The lowest BCUT2D eigenvalue weighted by Crippen LogP contribution is -2.11. The molecule has 1 N–H and O–H groups in total. The summed E-state index contributed by atoms with van der Waals surface area (Å²) in [6, 6.07) is 0. The number of amides is 1. The van der Waals surface area contributed by atoms with Crippen LogP contribution < -0.4 is 5.32 Å². The lowest BCUT2D eigenvalue weighted by molar-refractivity contribution is -0.116. The SMILES string of the molecule is COCc1nnc(NC(=O)CCCC[C@H]2CCSS2)s1. The molecule has 0 aliphatic carbocycles. The van der Waals surface area contributed by atoms with Gasteiger partial charge in [-0.2, -0.15) is 0 Å². The highest BCUT2D eigenvalue weighted by Crippen LogP contribution is 2.39. The smallest absolute Gasteiger partial charge is 0.226 e. The molecule has 0 bridgehead atoms. The largest absolute Gasteiger partial charge is 0.377 e. The van der Waals surface area contributed by atoms with Crippen molar-refractivity contribution in [2.24, 2.45) is 0 Å². The number of hydrogen-bond donors (Lipinski definition) is 1. The molecule has 0 saturated carbocycles. The maximum Gasteiger partial charge on any atom is 0.226 e. The maximum atomic E-state index is 11.8. The third kappa shape index (κ3) is 5.59. The fourth-order valence-electron chi connectivity index (χ4n) is 1.89. The summed E-state index contributed by atoms with van der Waals surface area (Å²) in [7, 11) is 5.58. The summed E-state index contributed by atoms with van der Waals surface area (Å²) in [5.41, 5.74) is 0. The number of hydrogen-bond acceptors (Lipinski definition) is 7. The Labute approximate surface area is 131 Å². The molecule has 1 aromatic rings. The van der Waals surface area contributed by atoms with Gasteiger partial charge in [0.25, 0.3) is 0 Å². The van der Waals surface area contributed by atoms with E-state index in [0.29, 0.717) is 18.2 Å². The molecule has 112 valence electrons. The minimum atomic E-state index is 0.0265. The third-order valence-electron chi connectivity index (χ3n) is 2.89. The molecule has 0 unspecified atom stereocenters. The van der Waals surface area contributed by atoms with E-state index in [4.69, 9.17) is 4.74 Å². The van der Waals surface area contributed by atoms with Gasteiger partial charge in [-0.05, 0) is 19.3 Å². The van der Waals surface area contributed by atoms with Crippen LogP contribution in [-0.4, -0.2) is 34.2 Å². The van der Waals surface area contributed by atoms with Crippen LogP contribution in [0.25, 0.3) is 0 Å². The van der Waals surface area contributed by atoms with E-state index in [1.165, 1.54) is 29.9 Å². The maximum absolute atomic E-state index is 11.8. The molecular formula is C12H19N3O2S3. The molecule has 1 amide bonds. The second-order valence-corrected chi connectivity index (χ2v) is 8.41. The number of carbonyl (C=O) groups excluding carboxylic acids is 1. The van der Waals surface area contributed by atoms with E-state index in [1.807, 2.05) is 21.6 Å². The van der Waals surface area contributed by atoms with E-state index >= 15 is 0 Å². The lowest BCUT2D eigenvalue weighted by Gasteiger charge is -2.06. The van der Waals surface area contributed by atoms with Gasteiger partial charge >= 0.3 is 0 Å². The van der Waals surface area contributed by atoms with Crippen LogP contribution in [0.15, 0.2) is 0 Å². The second kappa shape index (κ2) is 8.86. The lowest BCUT2D eigenvalue weighted by atomic mass is 10.1. The van der Waals surface area contributed by atoms with Gasteiger partial charge in [-0.1, -0.05) is 39.3 Å². The first-order valence-electron chi connectivity index (χ1n) is 6.67. The normalized spacial score (nSPS) is 18.4. The van der Waals surface area contributed by atoms with Crippen molar-refractivity contribution in [3.63, 3.8) is 0 Å². The van der Waals surface area contributed by atoms with Crippen LogP contribution in [0.1, 0.15) is 37.1 Å². The molecule has 2 heterocycles. The number of rotatable bonds is 8. The Hall–Kier alpha value is -0.310. The number of unbranched alkanes of at least 4 members (excludes halogenated alkanes) is 1. The average molecular weight is 334 g/mol. The molecule has 1 aliphatic heterocycles. The van der Waals surface area contributed by atoms with Crippen molar-refractivity contribution >= 4 is 44.0 Å². The summed E-state index contributed by atoms with van der Waals surface area (Å²) in [5.74, 6) is 1.30. The second-order valence-electron chi connectivity index (χ2n) is 4.56. The predicted molar refractivity (Wildman–Crippen MR) is 86.2 cm³/mol. The summed E-state index contributed by atoms with van der Waals surface area (Å²) in [5, 5.41) is 12.8. The quantitative estimate of drug-likeness (QED) is 0.581. The van der Waals surface area contributed by atoms with Crippen molar-refractivity contribution in [3.05, 3.63) is 5.01 Å². The van der Waals surface area contributed by atoms with Crippen molar-refractivity contribution in [2.45, 2.75) is 44.0 Å². The third-order valence-corrected chi connectivity index (χ3v) is 6.71. The summed E-state index contributed by atoms with van der Waals surface area (Å²) in [6.07, 6.45) is 5.16. The van der Waals surface area contributed by atoms with Crippen LogP contribution in [0, 0.1) is 0 Å². The molecule has 1 aromatic heterocycles. The van der Waals surface area contributed by atoms with E-state index in [2.05, 4.69) is 15.5 Å². The summed E-state index contributed by atoms with van der Waals surface area (Å²) in [4.78, 5) is 11.8. The van der Waals surface area contributed by atoms with E-state index in [1.54, 1.807) is 7.11 Å². The number of nitrogens with one attached hydrogen (secondary N) is 1. The minimum absolute atomic E-state index is 0.0265. The Balaban J connectivity index is 1.59. The summed E-state index contributed by atoms with van der Waals surface area (Å²) >= 11 is 1.36. The van der Waals surface area contributed by atoms with Gasteiger partial charge in [-0.15, -0.1) is 10.2 Å². The minimum Gasteiger partial charge on any atom is -0.377 e. The molecule has 1 atom stereocenters. The van der Waals surface area contributed by atoms with Gasteiger partial charge in [0.2, 0.25) is 11.0 Å². The zero-order valence-electron chi connectivity index (χ0n) is 11.5. The van der Waals surface area contributed by atoms with Gasteiger partial charge < -0.3 is 10.1 Å². The molecule has 0 aromatic carbocycles. The Morgan fingerprint density at radius 3 is 3.10 bits per heavy atom. The number of methoxy groups -OCH3 is 1. The van der Waals surface area contributed by atoms with Crippen LogP contribution >= 0.6 is 32.9 Å². The molecule has 20 heavy (non-hydrogen) atoms. The Kier molecular flexibility index (Phi) is 7.12. The van der Waals surface area contributed by atoms with E-state index in [9.17, 15) is 4.79 Å². The average Bonchev–Trinajstić information content (AvgIpc) is 3.07. The Morgan fingerprint density at radius 2 is 2.35 bits per heavy atom. The van der Waals surface area contributed by atoms with Gasteiger partial charge in [0.1, 0.15) is 11.6 Å². The number of nitrogens with zero attached hydrogens (tertiary/aromatic N) is 2. The van der Waals surface area contributed by atoms with Crippen LogP contribution in [0.5, 0.6) is 0 Å². The summed E-state index contributed by atoms with van der Waals surface area (Å²) in [6.45, 7) is 0.435. The Morgan fingerprint density at radius 1 is 1.45 bits per heavy atom. The van der Waals surface area contributed by atoms with Crippen LogP contribution in [-0.2, 0) is 16.1 Å². The number of ether oxygens (including phenoxy) is 1. The first kappa shape index (κ1) is 16.1. The molecule has 2 rings (SSSR count). The van der Waals surface area contributed by atoms with Gasteiger partial charge in [-0.25, -0.2) is 0 Å². The van der Waals surface area contributed by atoms with E-state index < -0.39 is 0 Å². The van der Waals surface area contributed by atoms with Crippen molar-refractivity contribution in [2.75, 3.05) is 18.2 Å². The van der Waals surface area contributed by atoms with Crippen LogP contribution in [0.3, 0.4) is 0 Å². The topological polar surface area (TPSA) is 64.1 Å². The fourth-order valence-corrected chi connectivity index (χ4v) is 5.65. The van der Waals surface area contributed by atoms with Gasteiger partial charge in [-0.3, -0.25) is 4.79 Å². The van der Waals surface area contributed by atoms with Crippen molar-refractivity contribution in [1.29, 1.82) is 0 Å². The molecule has 0 spiro atoms. The highest BCUT2D eigenvalue weighted by atomic mass is 33.1. The predicted octanol–water partition coefficient (Wildman–Crippen LogP) is 3.34. The van der Waals surface area contributed by atoms with Crippen molar-refractivity contribution in [3.8, 4) is 0 Å². The highest BCUT2D eigenvalue weighted by molar-refractivity contribution is 8.77. The summed E-state index contributed by atoms with van der Waals surface area (Å²) < 4.78 is 4.97. The monoisotopic (exact) mass is 333 g/mol. The fraction of sp³-hybridized carbons (Fsp3) is 0.750. The molecule has 0 radical (unpaired) electrons. The van der Waals surface area contributed by atoms with E-state index in [-0.39, 0.29) is 5.91 Å². The first-order valence-corrected chi connectivity index (χ1v) is 9.87. The molecule has 8 heteroatoms. The Bertz CT molecular complexity index is 422. The van der Waals surface area contributed by atoms with Crippen LogP contribution in [0.2, 0.25) is 0 Å². The highest BCUT2D eigenvalue weighted by Gasteiger charge is 2.16. The van der Waals surface area contributed by atoms with Crippen molar-refractivity contribution < 1.29 is 9.53 Å². The van der Waals surface area contributed by atoms with E-state index in [0.717, 1.165) is 23.1 Å². The van der Waals surface area contributed by atoms with Gasteiger partial charge in [0.05, 0.1) is 0 Å². The van der Waals surface area contributed by atoms with Crippen molar-refractivity contribution in [1.82, 2.24) is 10.2 Å². The number of carbonyl (C=O) groups is 1. The number of anilines is 1. The molecular weight excluding hydrogens is 314 g/mol. The standard InChI is InChI=1S/C12H19N3O2S3/c1-17-8-11-14-15-12(19-11)13-10(16)5-3-2-4-9-6-7-18-20-9/h9H,2-8H2,1H3,(H,13,15,16)/t9-/m0/s1. The molecule has 1 fully saturated rings. The zero-order valence-corrected chi connectivity index (χ0v) is 13.9. The molecule has 1 aliphatic rings. The first-order chi connectivity index (χ1) is 9.78. The van der Waals surface area contributed by atoms with Gasteiger partial charge in [0, 0.05) is 24.5 Å². The molecule has 1 saturated heterocycles. The molecule has 5 nitrogen and oxygen atoms in total.